The molecule has 1 aliphatic carbocycles. The van der Waals surface area contributed by atoms with E-state index in [9.17, 15) is 0 Å². The van der Waals surface area contributed by atoms with Gasteiger partial charge in [0.2, 0.25) is 0 Å². The van der Waals surface area contributed by atoms with Crippen molar-refractivity contribution < 1.29 is 0 Å². The lowest BCUT2D eigenvalue weighted by atomic mass is 9.77. The average molecular weight is 196 g/mol. The lowest BCUT2D eigenvalue weighted by molar-refractivity contribution is 0.219. The van der Waals surface area contributed by atoms with Gasteiger partial charge in [-0.25, -0.2) is 0 Å². The molecule has 0 heteroatoms. The van der Waals surface area contributed by atoms with Gasteiger partial charge >= 0.3 is 0 Å². The molecule has 0 nitrogen and oxygen atoms in total. The summed E-state index contributed by atoms with van der Waals surface area (Å²) in [4.78, 5) is 0. The molecule has 0 aromatic rings. The summed E-state index contributed by atoms with van der Waals surface area (Å²) in [7, 11) is 0. The van der Waals surface area contributed by atoms with Crippen molar-refractivity contribution in [3.63, 3.8) is 0 Å². The summed E-state index contributed by atoms with van der Waals surface area (Å²) in [6.07, 6.45) is 10.1. The van der Waals surface area contributed by atoms with Crippen LogP contribution >= 0.6 is 0 Å². The highest BCUT2D eigenvalue weighted by molar-refractivity contribution is 4.95. The molecular formula is C14H28. The monoisotopic (exact) mass is 196 g/mol. The first-order chi connectivity index (χ1) is 6.64. The third-order valence-electron chi connectivity index (χ3n) is 4.41. The smallest absolute Gasteiger partial charge is 0.0298 e. The first-order valence-electron chi connectivity index (χ1n) is 6.64. The Hall–Kier alpha value is 0. The minimum Gasteiger partial charge on any atom is -0.0654 e. The predicted octanol–water partition coefficient (Wildman–Crippen LogP) is 5.03. The van der Waals surface area contributed by atoms with Crippen molar-refractivity contribution in [2.45, 2.75) is 72.6 Å². The van der Waals surface area contributed by atoms with Crippen LogP contribution in [0.4, 0.5) is 0 Å². The molecule has 84 valence electrons. The molecule has 3 unspecified atom stereocenters. The first kappa shape index (κ1) is 12.1. The van der Waals surface area contributed by atoms with Crippen LogP contribution in [-0.4, -0.2) is 0 Å². The van der Waals surface area contributed by atoms with Crippen LogP contribution in [0, 0.1) is 17.3 Å². The molecule has 0 heterocycles. The summed E-state index contributed by atoms with van der Waals surface area (Å²) in [6.45, 7) is 9.62. The van der Waals surface area contributed by atoms with Gasteiger partial charge in [0.15, 0.2) is 0 Å². The van der Waals surface area contributed by atoms with Crippen LogP contribution in [0.5, 0.6) is 0 Å². The molecule has 0 bridgehead atoms. The van der Waals surface area contributed by atoms with Gasteiger partial charge in [-0.15, -0.1) is 0 Å². The highest BCUT2D eigenvalue weighted by Crippen LogP contribution is 2.54. The van der Waals surface area contributed by atoms with Crippen LogP contribution in [-0.2, 0) is 0 Å². The summed E-state index contributed by atoms with van der Waals surface area (Å²) in [6, 6.07) is 0. The quantitative estimate of drug-likeness (QED) is 0.501. The van der Waals surface area contributed by atoms with E-state index >= 15 is 0 Å². The van der Waals surface area contributed by atoms with Crippen molar-refractivity contribution in [3.05, 3.63) is 0 Å². The molecule has 1 aliphatic rings. The minimum absolute atomic E-state index is 0.674. The van der Waals surface area contributed by atoms with Gasteiger partial charge in [0.05, 0.1) is 0 Å². The second kappa shape index (κ2) is 5.19. The molecule has 0 aliphatic heterocycles. The van der Waals surface area contributed by atoms with E-state index in [1.165, 1.54) is 44.9 Å². The molecule has 0 spiro atoms. The van der Waals surface area contributed by atoms with Crippen LogP contribution in [0.1, 0.15) is 72.6 Å². The predicted molar refractivity (Wildman–Crippen MR) is 64.4 cm³/mol. The van der Waals surface area contributed by atoms with E-state index in [-0.39, 0.29) is 0 Å². The third-order valence-corrected chi connectivity index (χ3v) is 4.41. The lowest BCUT2D eigenvalue weighted by Crippen LogP contribution is -2.18. The van der Waals surface area contributed by atoms with Crippen molar-refractivity contribution in [2.75, 3.05) is 0 Å². The van der Waals surface area contributed by atoms with Crippen LogP contribution in [0.2, 0.25) is 0 Å². The van der Waals surface area contributed by atoms with Gasteiger partial charge in [-0.2, -0.15) is 0 Å². The third kappa shape index (κ3) is 3.00. The van der Waals surface area contributed by atoms with Crippen LogP contribution in [0.25, 0.3) is 0 Å². The Morgan fingerprint density at radius 2 is 1.79 bits per heavy atom. The van der Waals surface area contributed by atoms with Gasteiger partial charge in [-0.3, -0.25) is 0 Å². The lowest BCUT2D eigenvalue weighted by Gasteiger charge is -2.29. The fourth-order valence-corrected chi connectivity index (χ4v) is 2.87. The van der Waals surface area contributed by atoms with Gasteiger partial charge in [0.25, 0.3) is 0 Å². The summed E-state index contributed by atoms with van der Waals surface area (Å²) in [5.41, 5.74) is 0.674. The molecular weight excluding hydrogens is 168 g/mol. The van der Waals surface area contributed by atoms with Gasteiger partial charge in [0.1, 0.15) is 0 Å². The van der Waals surface area contributed by atoms with Crippen LogP contribution < -0.4 is 0 Å². The maximum absolute atomic E-state index is 2.52. The fraction of sp³-hybridized carbons (Fsp3) is 1.00. The van der Waals surface area contributed by atoms with E-state index in [0.29, 0.717) is 5.41 Å². The average Bonchev–Trinajstić information content (AvgIpc) is 2.91. The molecule has 14 heavy (non-hydrogen) atoms. The van der Waals surface area contributed by atoms with Crippen molar-refractivity contribution in [2.24, 2.45) is 17.3 Å². The summed E-state index contributed by atoms with van der Waals surface area (Å²) in [5, 5.41) is 0. The van der Waals surface area contributed by atoms with Crippen LogP contribution in [0.15, 0.2) is 0 Å². The van der Waals surface area contributed by atoms with E-state index in [4.69, 9.17) is 0 Å². The fourth-order valence-electron chi connectivity index (χ4n) is 2.87. The number of rotatable bonds is 7. The SMILES string of the molecule is CCCCCCC(C)(CC)C1CC1C. The van der Waals surface area contributed by atoms with Gasteiger partial charge in [-0.1, -0.05) is 59.8 Å². The second-order valence-corrected chi connectivity index (χ2v) is 5.64. The van der Waals surface area contributed by atoms with E-state index in [1.807, 2.05) is 0 Å². The molecule has 3 atom stereocenters. The van der Waals surface area contributed by atoms with Gasteiger partial charge < -0.3 is 0 Å². The number of hydrogen-bond donors (Lipinski definition) is 0. The Labute approximate surface area is 90.5 Å². The van der Waals surface area contributed by atoms with Gasteiger partial charge in [0, 0.05) is 0 Å². The van der Waals surface area contributed by atoms with Crippen LogP contribution in [0.3, 0.4) is 0 Å². The van der Waals surface area contributed by atoms with E-state index in [1.54, 1.807) is 0 Å². The zero-order chi connectivity index (χ0) is 10.6. The molecule has 1 saturated carbocycles. The zero-order valence-electron chi connectivity index (χ0n) is 10.6. The Kier molecular flexibility index (Phi) is 4.47. The largest absolute Gasteiger partial charge is 0.0654 e. The highest BCUT2D eigenvalue weighted by atomic mass is 14.5. The topological polar surface area (TPSA) is 0 Å². The van der Waals surface area contributed by atoms with Crippen molar-refractivity contribution in [3.8, 4) is 0 Å². The second-order valence-electron chi connectivity index (χ2n) is 5.64. The molecule has 0 amide bonds. The molecule has 0 N–H and O–H groups in total. The molecule has 1 rings (SSSR count). The van der Waals surface area contributed by atoms with Crippen molar-refractivity contribution >= 4 is 0 Å². The molecule has 1 fully saturated rings. The van der Waals surface area contributed by atoms with Crippen molar-refractivity contribution in [1.82, 2.24) is 0 Å². The Morgan fingerprint density at radius 1 is 1.14 bits per heavy atom. The van der Waals surface area contributed by atoms with E-state index in [2.05, 4.69) is 27.7 Å². The Balaban J connectivity index is 2.23. The summed E-state index contributed by atoms with van der Waals surface area (Å²) >= 11 is 0. The number of unbranched alkanes of at least 4 members (excludes halogenated alkanes) is 3. The maximum atomic E-state index is 2.52. The Morgan fingerprint density at radius 3 is 2.21 bits per heavy atom. The summed E-state index contributed by atoms with van der Waals surface area (Å²) < 4.78 is 0. The molecule has 0 aromatic heterocycles. The number of hydrogen-bond acceptors (Lipinski definition) is 0. The molecule has 0 aromatic carbocycles. The highest BCUT2D eigenvalue weighted by Gasteiger charge is 2.45. The molecule has 0 saturated heterocycles. The standard InChI is InChI=1S/C14H28/c1-5-7-8-9-10-14(4,6-2)13-11-12(13)3/h12-13H,5-11H2,1-4H3. The Bertz CT molecular complexity index is 161. The van der Waals surface area contributed by atoms with E-state index in [0.717, 1.165) is 11.8 Å². The van der Waals surface area contributed by atoms with E-state index < -0.39 is 0 Å². The van der Waals surface area contributed by atoms with Gasteiger partial charge in [-0.05, 0) is 30.1 Å². The molecule has 0 radical (unpaired) electrons. The zero-order valence-corrected chi connectivity index (χ0v) is 10.6. The normalized spacial score (nSPS) is 30.0. The minimum atomic E-state index is 0.674. The van der Waals surface area contributed by atoms with Crippen molar-refractivity contribution in [1.29, 1.82) is 0 Å². The first-order valence-corrected chi connectivity index (χ1v) is 6.64. The summed E-state index contributed by atoms with van der Waals surface area (Å²) in [5.74, 6) is 2.07. The maximum Gasteiger partial charge on any atom is -0.0298 e.